The van der Waals surface area contributed by atoms with Crippen LogP contribution in [-0.4, -0.2) is 40.9 Å². The zero-order chi connectivity index (χ0) is 38.0. The molecule has 0 bridgehead atoms. The average Bonchev–Trinajstić information content (AvgIpc) is 3.07. The van der Waals surface area contributed by atoms with Gasteiger partial charge in [0.15, 0.2) is 0 Å². The smallest absolute Gasteiger partial charge is 0.306 e. The molecule has 4 atom stereocenters. The third-order valence-electron chi connectivity index (χ3n) is 10.1. The molecule has 0 rings (SSSR count). The van der Waals surface area contributed by atoms with Crippen LogP contribution in [-0.2, 0) is 19.1 Å². The van der Waals surface area contributed by atoms with Crippen molar-refractivity contribution in [1.29, 1.82) is 0 Å². The van der Waals surface area contributed by atoms with Gasteiger partial charge in [-0.2, -0.15) is 0 Å². The van der Waals surface area contributed by atoms with E-state index in [1.807, 2.05) is 13.8 Å². The number of rotatable bonds is 36. The lowest BCUT2D eigenvalue weighted by Gasteiger charge is -2.40. The second-order valence-corrected chi connectivity index (χ2v) is 15.9. The van der Waals surface area contributed by atoms with E-state index in [-0.39, 0.29) is 28.9 Å². The summed E-state index contributed by atoms with van der Waals surface area (Å²) in [4.78, 5) is 25.7. The average molecular weight is 801 g/mol. The number of halogens is 1. The molecule has 0 saturated carbocycles. The standard InChI is InChI=1S/C45H85NO5.BrH/c1-7-9-11-13-15-17-19-21-23-25-27-29-31-33-35-37-41(48)50-40(4)44(43(39(3)47)45(5,6)46)51-42(49)38-36-34-32-30-28-26-24-22-20-18-16-14-12-10-8-2;/h21-24,39-40,43-44,47H,7-20,25-38,46H2,1-6H3;1H/b23-21-,24-22-;. The van der Waals surface area contributed by atoms with Crippen molar-refractivity contribution in [3.8, 4) is 0 Å². The van der Waals surface area contributed by atoms with E-state index in [9.17, 15) is 14.7 Å². The summed E-state index contributed by atoms with van der Waals surface area (Å²) in [6, 6.07) is 0. The molecule has 0 aromatic carbocycles. The van der Waals surface area contributed by atoms with Crippen LogP contribution >= 0.6 is 17.0 Å². The predicted molar refractivity (Wildman–Crippen MR) is 228 cm³/mol. The molecule has 3 N–H and O–H groups in total. The summed E-state index contributed by atoms with van der Waals surface area (Å²) in [5.41, 5.74) is 5.62. The van der Waals surface area contributed by atoms with Gasteiger partial charge in [-0.05, 0) is 91.9 Å². The molecule has 52 heavy (non-hydrogen) atoms. The molecule has 0 amide bonds. The van der Waals surface area contributed by atoms with Crippen LogP contribution in [0.15, 0.2) is 24.3 Å². The zero-order valence-electron chi connectivity index (χ0n) is 35.0. The number of carbonyl (C=O) groups is 2. The normalized spacial score (nSPS) is 14.3. The Labute approximate surface area is 333 Å². The summed E-state index contributed by atoms with van der Waals surface area (Å²) in [6.07, 6.45) is 38.8. The molecule has 0 spiro atoms. The van der Waals surface area contributed by atoms with Gasteiger partial charge in [0.05, 0.1) is 6.10 Å². The van der Waals surface area contributed by atoms with Crippen LogP contribution < -0.4 is 5.73 Å². The molecular weight excluding hydrogens is 714 g/mol. The lowest BCUT2D eigenvalue weighted by atomic mass is 9.78. The predicted octanol–water partition coefficient (Wildman–Crippen LogP) is 13.2. The lowest BCUT2D eigenvalue weighted by Crippen LogP contribution is -2.56. The van der Waals surface area contributed by atoms with E-state index in [1.54, 1.807) is 13.8 Å². The van der Waals surface area contributed by atoms with E-state index in [0.29, 0.717) is 12.8 Å². The van der Waals surface area contributed by atoms with Gasteiger partial charge < -0.3 is 20.3 Å². The first kappa shape index (κ1) is 52.9. The minimum absolute atomic E-state index is 0. The van der Waals surface area contributed by atoms with Gasteiger partial charge in [0.1, 0.15) is 12.2 Å². The number of unbranched alkanes of at least 4 members (excludes halogenated alkanes) is 22. The number of aliphatic hydroxyl groups is 1. The molecular formula is C45H86BrNO5. The third kappa shape index (κ3) is 32.3. The number of hydrogen-bond acceptors (Lipinski definition) is 6. The SMILES string of the molecule is Br.CCCCCCCC/C=C\CCCCCCCC(=O)OC(C)C(OC(=O)CCCCCCC/C=C\CCCCCCCC)C(C(C)O)C(C)(C)N. The highest BCUT2D eigenvalue weighted by atomic mass is 79.9. The summed E-state index contributed by atoms with van der Waals surface area (Å²) in [7, 11) is 0. The summed E-state index contributed by atoms with van der Waals surface area (Å²) in [6.45, 7) is 11.6. The van der Waals surface area contributed by atoms with Crippen molar-refractivity contribution in [3.63, 3.8) is 0 Å². The maximum absolute atomic E-state index is 13.0. The number of carbonyl (C=O) groups excluding carboxylic acids is 2. The molecule has 0 aliphatic carbocycles. The second-order valence-electron chi connectivity index (χ2n) is 15.9. The van der Waals surface area contributed by atoms with E-state index in [2.05, 4.69) is 38.2 Å². The first-order valence-electron chi connectivity index (χ1n) is 21.7. The Hall–Kier alpha value is -1.18. The van der Waals surface area contributed by atoms with Gasteiger partial charge >= 0.3 is 11.9 Å². The first-order valence-corrected chi connectivity index (χ1v) is 21.7. The molecule has 0 radical (unpaired) electrons. The molecule has 0 aliphatic heterocycles. The van der Waals surface area contributed by atoms with Gasteiger partial charge in [0.25, 0.3) is 0 Å². The Balaban J connectivity index is 0. The van der Waals surface area contributed by atoms with Crippen molar-refractivity contribution in [2.45, 2.75) is 245 Å². The van der Waals surface area contributed by atoms with Crippen LogP contribution in [0.4, 0.5) is 0 Å². The monoisotopic (exact) mass is 800 g/mol. The number of esters is 2. The Morgan fingerprint density at radius 3 is 1.19 bits per heavy atom. The summed E-state index contributed by atoms with van der Waals surface area (Å²) < 4.78 is 11.7. The van der Waals surface area contributed by atoms with Gasteiger partial charge in [-0.3, -0.25) is 9.59 Å². The van der Waals surface area contributed by atoms with Crippen molar-refractivity contribution in [2.75, 3.05) is 0 Å². The van der Waals surface area contributed by atoms with Crippen molar-refractivity contribution >= 4 is 28.9 Å². The molecule has 0 heterocycles. The Morgan fingerprint density at radius 2 is 0.865 bits per heavy atom. The van der Waals surface area contributed by atoms with Crippen LogP contribution in [0.5, 0.6) is 0 Å². The molecule has 0 aliphatic rings. The number of aliphatic hydroxyl groups excluding tert-OH is 1. The second kappa shape index (κ2) is 36.8. The van der Waals surface area contributed by atoms with Crippen LogP contribution in [0.25, 0.3) is 0 Å². The molecule has 7 heteroatoms. The Morgan fingerprint density at radius 1 is 0.558 bits per heavy atom. The summed E-state index contributed by atoms with van der Waals surface area (Å²) in [5.74, 6) is -1.21. The fourth-order valence-corrected chi connectivity index (χ4v) is 7.00. The van der Waals surface area contributed by atoms with E-state index < -0.39 is 29.8 Å². The molecule has 0 fully saturated rings. The van der Waals surface area contributed by atoms with Gasteiger partial charge in [-0.1, -0.05) is 141 Å². The van der Waals surface area contributed by atoms with Gasteiger partial charge in [0, 0.05) is 24.3 Å². The number of ether oxygens (including phenoxy) is 2. The zero-order valence-corrected chi connectivity index (χ0v) is 36.7. The maximum Gasteiger partial charge on any atom is 0.306 e. The minimum Gasteiger partial charge on any atom is -0.459 e. The third-order valence-corrected chi connectivity index (χ3v) is 10.1. The molecule has 0 aromatic heterocycles. The Kier molecular flexibility index (Phi) is 37.4. The highest BCUT2D eigenvalue weighted by Gasteiger charge is 2.42. The van der Waals surface area contributed by atoms with Crippen LogP contribution in [0.1, 0.15) is 221 Å². The van der Waals surface area contributed by atoms with E-state index in [1.165, 1.54) is 109 Å². The highest BCUT2D eigenvalue weighted by molar-refractivity contribution is 8.93. The van der Waals surface area contributed by atoms with E-state index in [0.717, 1.165) is 57.8 Å². The fourth-order valence-electron chi connectivity index (χ4n) is 7.00. The van der Waals surface area contributed by atoms with Crippen molar-refractivity contribution in [3.05, 3.63) is 24.3 Å². The number of hydrogen-bond donors (Lipinski definition) is 2. The van der Waals surface area contributed by atoms with Crippen molar-refractivity contribution in [2.24, 2.45) is 11.7 Å². The minimum atomic E-state index is -0.841. The van der Waals surface area contributed by atoms with Crippen molar-refractivity contribution in [1.82, 2.24) is 0 Å². The van der Waals surface area contributed by atoms with Crippen LogP contribution in [0, 0.1) is 5.92 Å². The van der Waals surface area contributed by atoms with Gasteiger partial charge in [-0.15, -0.1) is 17.0 Å². The Bertz CT molecular complexity index is 868. The highest BCUT2D eigenvalue weighted by Crippen LogP contribution is 2.29. The quantitative estimate of drug-likeness (QED) is 0.0372. The molecule has 6 nitrogen and oxygen atoms in total. The first-order chi connectivity index (χ1) is 24.5. The molecule has 4 unspecified atom stereocenters. The summed E-state index contributed by atoms with van der Waals surface area (Å²) in [5, 5.41) is 10.7. The molecule has 308 valence electrons. The largest absolute Gasteiger partial charge is 0.459 e. The fraction of sp³-hybridized carbons (Fsp3) is 0.867. The topological polar surface area (TPSA) is 98.8 Å². The van der Waals surface area contributed by atoms with Crippen molar-refractivity contribution < 1.29 is 24.2 Å². The van der Waals surface area contributed by atoms with Crippen LogP contribution in [0.2, 0.25) is 0 Å². The molecule has 0 saturated heterocycles. The van der Waals surface area contributed by atoms with E-state index >= 15 is 0 Å². The van der Waals surface area contributed by atoms with E-state index in [4.69, 9.17) is 15.2 Å². The van der Waals surface area contributed by atoms with Gasteiger partial charge in [-0.25, -0.2) is 0 Å². The lowest BCUT2D eigenvalue weighted by molar-refractivity contribution is -0.178. The number of nitrogens with two attached hydrogens (primary N) is 1. The summed E-state index contributed by atoms with van der Waals surface area (Å²) >= 11 is 0. The maximum atomic E-state index is 13.0. The van der Waals surface area contributed by atoms with Crippen LogP contribution in [0.3, 0.4) is 0 Å². The molecule has 0 aromatic rings. The van der Waals surface area contributed by atoms with Gasteiger partial charge in [0.2, 0.25) is 0 Å². The number of allylic oxidation sites excluding steroid dienone is 4.